The Morgan fingerprint density at radius 2 is 1.53 bits per heavy atom. The molecule has 16 nitrogen and oxygen atoms in total. The third kappa shape index (κ3) is 13.2. The summed E-state index contributed by atoms with van der Waals surface area (Å²) in [4.78, 5) is 61.9. The lowest BCUT2D eigenvalue weighted by Gasteiger charge is -2.61. The molecule has 4 saturated carbocycles. The molecule has 4 N–H and O–H groups in total. The van der Waals surface area contributed by atoms with Gasteiger partial charge in [-0.1, -0.05) is 100 Å². The van der Waals surface area contributed by atoms with Gasteiger partial charge in [-0.05, 0) is 171 Å². The number of allylic oxidation sites excluding steroid dienone is 3. The van der Waals surface area contributed by atoms with Gasteiger partial charge in [0, 0.05) is 12.3 Å². The predicted octanol–water partition coefficient (Wildman–Crippen LogP) is 12.1. The van der Waals surface area contributed by atoms with E-state index in [4.69, 9.17) is 32.3 Å². The zero-order chi connectivity index (χ0) is 55.9. The minimum Gasteiger partial charge on any atom is -0.462 e. The first-order valence-electron chi connectivity index (χ1n) is 29.8. The summed E-state index contributed by atoms with van der Waals surface area (Å²) in [5, 5.41) is 20.6. The van der Waals surface area contributed by atoms with Crippen LogP contribution in [0.4, 0.5) is 0 Å². The van der Waals surface area contributed by atoms with Gasteiger partial charge in [-0.25, -0.2) is 13.9 Å². The number of carbonyl (C=O) groups excluding carboxylic acids is 3. The second kappa shape index (κ2) is 24.5. The average Bonchev–Trinajstić information content (AvgIpc) is 3.88. The first-order chi connectivity index (χ1) is 36.3. The Labute approximate surface area is 458 Å². The Kier molecular flexibility index (Phi) is 19.3. The van der Waals surface area contributed by atoms with Crippen LogP contribution in [0.25, 0.3) is 0 Å². The predicted molar refractivity (Wildman–Crippen MR) is 289 cm³/mol. The largest absolute Gasteiger partial charge is 0.528 e. The lowest BCUT2D eigenvalue weighted by Crippen LogP contribution is -2.54. The van der Waals surface area contributed by atoms with Crippen molar-refractivity contribution < 1.29 is 75.8 Å². The Balaban J connectivity index is 0.889. The maximum absolute atomic E-state index is 13.9. The molecule has 77 heavy (non-hydrogen) atoms. The molecule has 0 amide bonds. The van der Waals surface area contributed by atoms with E-state index in [1.165, 1.54) is 44.9 Å². The normalized spacial score (nSPS) is 40.0. The van der Waals surface area contributed by atoms with E-state index in [1.54, 1.807) is 0 Å². The summed E-state index contributed by atoms with van der Waals surface area (Å²) in [6.45, 7) is 21.6. The lowest BCUT2D eigenvalue weighted by molar-refractivity contribution is -0.162. The van der Waals surface area contributed by atoms with E-state index in [9.17, 15) is 43.5 Å². The van der Waals surface area contributed by atoms with Gasteiger partial charge in [0.15, 0.2) is 6.10 Å². The van der Waals surface area contributed by atoms with Crippen LogP contribution < -0.4 is 0 Å². The van der Waals surface area contributed by atoms with Crippen molar-refractivity contribution in [2.45, 2.75) is 221 Å². The fourth-order valence-electron chi connectivity index (χ4n) is 16.7. The van der Waals surface area contributed by atoms with Gasteiger partial charge in [0.05, 0.1) is 31.2 Å². The Morgan fingerprint density at radius 3 is 2.23 bits per heavy atom. The van der Waals surface area contributed by atoms with Crippen molar-refractivity contribution in [3.63, 3.8) is 0 Å². The molecule has 0 aromatic heterocycles. The van der Waals surface area contributed by atoms with Gasteiger partial charge in [0.1, 0.15) is 18.3 Å². The second-order valence-corrected chi connectivity index (χ2v) is 28.8. The van der Waals surface area contributed by atoms with Crippen LogP contribution in [0.3, 0.4) is 0 Å². The van der Waals surface area contributed by atoms with Crippen LogP contribution in [-0.4, -0.2) is 81.1 Å². The number of hydrogen-bond donors (Lipinski definition) is 4. The summed E-state index contributed by atoms with van der Waals surface area (Å²) in [6, 6.07) is 0. The molecule has 0 radical (unpaired) electrons. The number of phosphoric acid groups is 2. The van der Waals surface area contributed by atoms with E-state index in [0.29, 0.717) is 73.5 Å². The zero-order valence-corrected chi connectivity index (χ0v) is 49.5. The van der Waals surface area contributed by atoms with Crippen molar-refractivity contribution in [1.82, 2.24) is 0 Å². The molecule has 2 aliphatic heterocycles. The molecule has 2 heterocycles. The molecule has 5 fully saturated rings. The fourth-order valence-corrected chi connectivity index (χ4v) is 18.8. The van der Waals surface area contributed by atoms with Crippen LogP contribution in [0.2, 0.25) is 0 Å². The fraction of sp³-hybridized carbons (Fsp3) is 0.847. The van der Waals surface area contributed by atoms with E-state index in [0.717, 1.165) is 36.7 Å². The number of fused-ring (bicyclic) bond motifs is 6. The quantitative estimate of drug-likeness (QED) is 0.0448. The van der Waals surface area contributed by atoms with Crippen molar-refractivity contribution in [2.75, 3.05) is 6.61 Å². The molecule has 0 bridgehead atoms. The summed E-state index contributed by atoms with van der Waals surface area (Å²) in [7, 11) is -10.5. The maximum atomic E-state index is 13.9. The molecule has 18 heteroatoms. The second-order valence-electron chi connectivity index (χ2n) is 26.2. The molecule has 7 unspecified atom stereocenters. The number of phosphoric ester groups is 2. The number of esters is 3. The Bertz CT molecular complexity index is 2320. The molecule has 0 aromatic rings. The minimum absolute atomic E-state index is 0.00829. The first-order valence-corrected chi connectivity index (χ1v) is 32.7. The zero-order valence-electron chi connectivity index (χ0n) is 47.7. The highest BCUT2D eigenvalue weighted by atomic mass is 31.2. The number of rotatable bonds is 22. The van der Waals surface area contributed by atoms with Crippen molar-refractivity contribution in [3.8, 4) is 0 Å². The molecule has 0 spiro atoms. The lowest BCUT2D eigenvalue weighted by atomic mass is 9.44. The van der Waals surface area contributed by atoms with Crippen LogP contribution in [-0.2, 0) is 55.8 Å². The SMILES string of the molecule is CC[C@H](CC[C@@H](C)C1CC[C@H]2[C@@H]3CC[C@H]4CC(OP(=O)(O)OC5=C(OP(=O)(O)OC6CC(=O)O[C@H](CC[C@@H]7[C@@H]8C(=C[C@H](C)C[C@@H]8OC(=O)[C@@H](C)CC)C=C[C@@H]7C)C6)C(C(O)CO)OC5=O)CC[C@]4(C)[C@H]3CC[C@]12C)C(C)C. The third-order valence-corrected chi connectivity index (χ3v) is 23.1. The Hall–Kier alpha value is -2.55. The summed E-state index contributed by atoms with van der Waals surface area (Å²) < 4.78 is 67.1. The minimum atomic E-state index is -5.34. The molecule has 6 aliphatic carbocycles. The monoisotopic (exact) mass is 1120 g/mol. The summed E-state index contributed by atoms with van der Waals surface area (Å²) in [5.74, 6) is 0.856. The van der Waals surface area contributed by atoms with E-state index in [2.05, 4.69) is 73.6 Å². The number of carbonyl (C=O) groups is 3. The van der Waals surface area contributed by atoms with Crippen molar-refractivity contribution in [3.05, 3.63) is 35.3 Å². The number of hydrogen-bond acceptors (Lipinski definition) is 14. The third-order valence-electron chi connectivity index (χ3n) is 21.2. The van der Waals surface area contributed by atoms with Gasteiger partial charge in [-0.15, -0.1) is 0 Å². The topological polar surface area (TPSA) is 231 Å². The van der Waals surface area contributed by atoms with Crippen molar-refractivity contribution >= 4 is 33.6 Å². The van der Waals surface area contributed by atoms with Crippen LogP contribution in [0.5, 0.6) is 0 Å². The highest BCUT2D eigenvalue weighted by Gasteiger charge is 2.61. The van der Waals surface area contributed by atoms with E-state index in [-0.39, 0.29) is 59.4 Å². The molecule has 0 aromatic carbocycles. The summed E-state index contributed by atoms with van der Waals surface area (Å²) >= 11 is 0. The number of aliphatic hydroxyl groups excluding tert-OH is 2. The smallest absolute Gasteiger partial charge is 0.462 e. The first kappa shape index (κ1) is 60.5. The van der Waals surface area contributed by atoms with Crippen molar-refractivity contribution in [1.29, 1.82) is 0 Å². The molecule has 22 atom stereocenters. The van der Waals surface area contributed by atoms with E-state index < -0.39 is 82.6 Å². The van der Waals surface area contributed by atoms with Gasteiger partial charge < -0.3 is 33.5 Å². The standard InChI is InChI=1S/C59H94O16P2/c1-11-35(6)56(63)70-50-28-34(5)27-39-16-13-36(7)44(52(39)50)20-18-41-30-43(31-51(62)69-41)73-77(67,68)74-54-53(49(61)32-60)71-57(64)55(54)75-76(65,66)72-42-23-25-58(9)40(29-42)17-19-45-47-22-21-46(59(47,10)26-24-48(45)58)37(8)14-15-38(12-2)33(3)4/h13,16,27,33-38,40-50,52-53,60-61H,11-12,14-15,17-26,28-32H2,1-10H3,(H,65,66)(H,67,68)/t34-,35-,36-,37+,38+,40-,41+,42?,43?,44-,45-,46?,47-,48-,49?,50-,52-,53?,58-,59+/m0/s1. The maximum Gasteiger partial charge on any atom is 0.528 e. The van der Waals surface area contributed by atoms with Gasteiger partial charge >= 0.3 is 33.6 Å². The van der Waals surface area contributed by atoms with E-state index in [1.807, 2.05) is 13.8 Å². The van der Waals surface area contributed by atoms with Gasteiger partial charge in [-0.2, -0.15) is 0 Å². The van der Waals surface area contributed by atoms with Crippen LogP contribution >= 0.6 is 15.6 Å². The average molecular weight is 1120 g/mol. The summed E-state index contributed by atoms with van der Waals surface area (Å²) in [6.07, 6.45) is 14.4. The molecule has 8 aliphatic rings. The molecular formula is C59H94O16P2. The molecule has 436 valence electrons. The Morgan fingerprint density at radius 1 is 0.831 bits per heavy atom. The highest BCUT2D eigenvalue weighted by molar-refractivity contribution is 7.48. The number of aliphatic hydroxyl groups is 2. The highest BCUT2D eigenvalue weighted by Crippen LogP contribution is 2.69. The van der Waals surface area contributed by atoms with E-state index >= 15 is 0 Å². The van der Waals surface area contributed by atoms with Crippen LogP contribution in [0.1, 0.15) is 185 Å². The summed E-state index contributed by atoms with van der Waals surface area (Å²) in [5.41, 5.74) is 1.50. The van der Waals surface area contributed by atoms with Gasteiger partial charge in [0.25, 0.3) is 5.76 Å². The van der Waals surface area contributed by atoms with Crippen molar-refractivity contribution in [2.24, 2.45) is 87.8 Å². The number of ether oxygens (including phenoxy) is 3. The molecular weight excluding hydrogens is 1030 g/mol. The molecule has 1 saturated heterocycles. The van der Waals surface area contributed by atoms with Gasteiger partial charge in [-0.3, -0.25) is 28.4 Å². The molecule has 8 rings (SSSR count). The van der Waals surface area contributed by atoms with Crippen LogP contribution in [0, 0.1) is 87.8 Å². The van der Waals surface area contributed by atoms with Gasteiger partial charge in [0.2, 0.25) is 5.76 Å². The van der Waals surface area contributed by atoms with Crippen LogP contribution in [0.15, 0.2) is 35.3 Å². The number of cyclic esters (lactones) is 2.